The molecule has 1 amide bonds. The van der Waals surface area contributed by atoms with Gasteiger partial charge in [-0.15, -0.1) is 0 Å². The van der Waals surface area contributed by atoms with E-state index in [1.165, 1.54) is 334 Å². The smallest absolute Gasteiger partial charge is 0.305 e. The van der Waals surface area contributed by atoms with Crippen LogP contribution >= 0.6 is 0 Å². The van der Waals surface area contributed by atoms with Gasteiger partial charge in [-0.05, 0) is 51.4 Å². The number of ether oxygens (including phenoxy) is 1. The molecule has 6 nitrogen and oxygen atoms in total. The fourth-order valence-corrected chi connectivity index (χ4v) is 11.4. The van der Waals surface area contributed by atoms with Crippen LogP contribution in [0.5, 0.6) is 0 Å². The fourth-order valence-electron chi connectivity index (χ4n) is 11.4. The Morgan fingerprint density at radius 2 is 0.610 bits per heavy atom. The highest BCUT2D eigenvalue weighted by Crippen LogP contribution is 2.19. The summed E-state index contributed by atoms with van der Waals surface area (Å²) in [7, 11) is 0. The molecule has 0 radical (unpaired) electrons. The van der Waals surface area contributed by atoms with Gasteiger partial charge in [0.15, 0.2) is 0 Å². The van der Waals surface area contributed by atoms with Gasteiger partial charge in [0.1, 0.15) is 0 Å². The maximum absolute atomic E-state index is 12.5. The van der Waals surface area contributed by atoms with E-state index in [2.05, 4.69) is 31.3 Å². The fraction of sp³-hybridized carbons (Fsp3) is 0.944. The molecule has 3 N–H and O–H groups in total. The molecule has 2 unspecified atom stereocenters. The number of hydrogen-bond donors (Lipinski definition) is 3. The number of carbonyl (C=O) groups is 2. The molecule has 0 saturated carbocycles. The second-order valence-corrected chi connectivity index (χ2v) is 24.6. The van der Waals surface area contributed by atoms with E-state index in [1.807, 2.05) is 0 Å². The maximum atomic E-state index is 12.5. The average molecular weight is 1090 g/mol. The summed E-state index contributed by atoms with van der Waals surface area (Å²) in [5.74, 6) is -0.0120. The number of rotatable bonds is 67. The number of aliphatic hydroxyl groups excluding tert-OH is 2. The number of nitrogens with one attached hydrogen (secondary N) is 1. The lowest BCUT2D eigenvalue weighted by atomic mass is 10.0. The van der Waals surface area contributed by atoms with E-state index in [-0.39, 0.29) is 18.5 Å². The lowest BCUT2D eigenvalue weighted by molar-refractivity contribution is -0.143. The van der Waals surface area contributed by atoms with Crippen LogP contribution in [0, 0.1) is 0 Å². The normalized spacial score (nSPS) is 12.5. The van der Waals surface area contributed by atoms with E-state index in [9.17, 15) is 19.8 Å². The quantitative estimate of drug-likeness (QED) is 0.0320. The van der Waals surface area contributed by atoms with Gasteiger partial charge in [0.05, 0.1) is 25.4 Å². The summed E-state index contributed by atoms with van der Waals surface area (Å²) in [5, 5.41) is 23.3. The molecule has 77 heavy (non-hydrogen) atoms. The topological polar surface area (TPSA) is 95.9 Å². The number of carbonyl (C=O) groups excluding carboxylic acids is 2. The van der Waals surface area contributed by atoms with Crippen molar-refractivity contribution < 1.29 is 24.5 Å². The molecule has 458 valence electrons. The third-order valence-electron chi connectivity index (χ3n) is 16.8. The van der Waals surface area contributed by atoms with Crippen molar-refractivity contribution in [3.8, 4) is 0 Å². The molecule has 0 rings (SSSR count). The van der Waals surface area contributed by atoms with Crippen LogP contribution in [0.1, 0.15) is 406 Å². The molecule has 0 aliphatic heterocycles. The molecule has 2 atom stereocenters. The number of esters is 1. The lowest BCUT2D eigenvalue weighted by Crippen LogP contribution is -2.45. The van der Waals surface area contributed by atoms with Crippen LogP contribution in [0.4, 0.5) is 0 Å². The summed E-state index contributed by atoms with van der Waals surface area (Å²) in [6, 6.07) is -0.541. The van der Waals surface area contributed by atoms with Crippen LogP contribution in [0.2, 0.25) is 0 Å². The molecule has 0 saturated heterocycles. The summed E-state index contributed by atoms with van der Waals surface area (Å²) >= 11 is 0. The minimum Gasteiger partial charge on any atom is -0.466 e. The van der Waals surface area contributed by atoms with Gasteiger partial charge in [-0.2, -0.15) is 0 Å². The highest BCUT2D eigenvalue weighted by Gasteiger charge is 2.20. The van der Waals surface area contributed by atoms with Crippen molar-refractivity contribution in [3.63, 3.8) is 0 Å². The molecule has 0 aromatic rings. The summed E-state index contributed by atoms with van der Waals surface area (Å²) < 4.78 is 5.51. The van der Waals surface area contributed by atoms with Crippen LogP contribution in [-0.2, 0) is 14.3 Å². The van der Waals surface area contributed by atoms with Crippen molar-refractivity contribution in [3.05, 3.63) is 12.2 Å². The second-order valence-electron chi connectivity index (χ2n) is 24.6. The molecule has 0 aliphatic carbocycles. The first kappa shape index (κ1) is 75.6. The molecule has 0 aliphatic rings. The molecule has 0 aromatic heterocycles. The zero-order valence-corrected chi connectivity index (χ0v) is 52.5. The first-order valence-corrected chi connectivity index (χ1v) is 35.4. The van der Waals surface area contributed by atoms with Crippen LogP contribution in [0.15, 0.2) is 12.2 Å². The Balaban J connectivity index is 3.35. The summed E-state index contributed by atoms with van der Waals surface area (Å²) in [4.78, 5) is 24.6. The number of unbranched alkanes of at least 4 members (excludes halogenated alkanes) is 54. The van der Waals surface area contributed by atoms with E-state index in [0.717, 1.165) is 38.5 Å². The molecular formula is C71H139NO5. The minimum absolute atomic E-state index is 0.0205. The maximum Gasteiger partial charge on any atom is 0.305 e. The van der Waals surface area contributed by atoms with Crippen molar-refractivity contribution in [1.29, 1.82) is 0 Å². The van der Waals surface area contributed by atoms with Crippen LogP contribution < -0.4 is 5.32 Å². The van der Waals surface area contributed by atoms with Gasteiger partial charge in [-0.25, -0.2) is 0 Å². The van der Waals surface area contributed by atoms with Gasteiger partial charge in [0, 0.05) is 12.8 Å². The SMILES string of the molecule is CCCCCCCCCCCCCCCCCCCCC(=O)OCCCCCCCCCCCCCC/C=C\CCCCCCCCCCCCCC(=O)NC(CO)C(O)CCCCCCCCCCCCCCCCC. The Hall–Kier alpha value is -1.40. The predicted octanol–water partition coefficient (Wildman–Crippen LogP) is 22.8. The number of aliphatic hydroxyl groups is 2. The second kappa shape index (κ2) is 67.1. The van der Waals surface area contributed by atoms with Crippen LogP contribution in [0.3, 0.4) is 0 Å². The molecule has 6 heteroatoms. The number of allylic oxidation sites excluding steroid dienone is 2. The minimum atomic E-state index is -0.664. The Morgan fingerprint density at radius 1 is 0.351 bits per heavy atom. The monoisotopic (exact) mass is 1090 g/mol. The van der Waals surface area contributed by atoms with E-state index in [1.54, 1.807) is 0 Å². The summed E-state index contributed by atoms with van der Waals surface area (Å²) in [6.07, 6.45) is 82.6. The van der Waals surface area contributed by atoms with Gasteiger partial charge >= 0.3 is 5.97 Å². The van der Waals surface area contributed by atoms with Crippen molar-refractivity contribution in [2.75, 3.05) is 13.2 Å². The zero-order valence-electron chi connectivity index (χ0n) is 52.5. The Kier molecular flexibility index (Phi) is 65.9. The first-order chi connectivity index (χ1) is 38.0. The van der Waals surface area contributed by atoms with Gasteiger partial charge in [-0.1, -0.05) is 353 Å². The zero-order chi connectivity index (χ0) is 55.7. The van der Waals surface area contributed by atoms with Gasteiger partial charge < -0.3 is 20.3 Å². The lowest BCUT2D eigenvalue weighted by Gasteiger charge is -2.22. The van der Waals surface area contributed by atoms with Crippen molar-refractivity contribution in [1.82, 2.24) is 5.32 Å². The van der Waals surface area contributed by atoms with Gasteiger partial charge in [0.2, 0.25) is 5.91 Å². The van der Waals surface area contributed by atoms with Gasteiger partial charge in [-0.3, -0.25) is 9.59 Å². The van der Waals surface area contributed by atoms with Crippen molar-refractivity contribution in [2.45, 2.75) is 418 Å². The third-order valence-corrected chi connectivity index (χ3v) is 16.8. The van der Waals surface area contributed by atoms with Crippen molar-refractivity contribution in [2.24, 2.45) is 0 Å². The highest BCUT2D eigenvalue weighted by atomic mass is 16.5. The number of amides is 1. The van der Waals surface area contributed by atoms with E-state index in [4.69, 9.17) is 4.74 Å². The summed E-state index contributed by atoms with van der Waals surface area (Å²) in [6.45, 7) is 5.00. The first-order valence-electron chi connectivity index (χ1n) is 35.4. The Bertz CT molecular complexity index is 1160. The largest absolute Gasteiger partial charge is 0.466 e. The molecule has 0 spiro atoms. The third kappa shape index (κ3) is 63.6. The van der Waals surface area contributed by atoms with E-state index in [0.29, 0.717) is 25.9 Å². The highest BCUT2D eigenvalue weighted by molar-refractivity contribution is 5.76. The van der Waals surface area contributed by atoms with Crippen LogP contribution in [-0.4, -0.2) is 47.4 Å². The molecule has 0 heterocycles. The van der Waals surface area contributed by atoms with E-state index >= 15 is 0 Å². The number of hydrogen-bond acceptors (Lipinski definition) is 5. The van der Waals surface area contributed by atoms with E-state index < -0.39 is 12.1 Å². The molecular weight excluding hydrogens is 947 g/mol. The molecule has 0 bridgehead atoms. The average Bonchev–Trinajstić information content (AvgIpc) is 3.43. The Morgan fingerprint density at radius 3 is 0.922 bits per heavy atom. The van der Waals surface area contributed by atoms with Crippen LogP contribution in [0.25, 0.3) is 0 Å². The predicted molar refractivity (Wildman–Crippen MR) is 338 cm³/mol. The molecule has 0 aromatic carbocycles. The standard InChI is InChI=1S/C71H139NO5/c1-3-5-7-9-11-13-15-17-19-20-33-37-41-45-49-53-57-61-65-71(76)77-66-62-58-54-50-46-42-38-34-31-29-27-25-23-21-22-24-26-28-30-32-36-40-44-48-52-56-60-64-70(75)72-68(67-73)69(74)63-59-55-51-47-43-39-35-18-16-14-12-10-8-6-4-2/h21-22,68-69,73-74H,3-20,23-67H2,1-2H3,(H,72,75)/b22-21-. The van der Waals surface area contributed by atoms with Crippen molar-refractivity contribution >= 4 is 11.9 Å². The molecule has 0 fully saturated rings. The van der Waals surface area contributed by atoms with Gasteiger partial charge in [0.25, 0.3) is 0 Å². The summed E-state index contributed by atoms with van der Waals surface area (Å²) in [5.41, 5.74) is 0. The Labute approximate surface area is 482 Å².